The fourth-order valence-electron chi connectivity index (χ4n) is 4.94. The lowest BCUT2D eigenvalue weighted by atomic mass is 10.0. The molecule has 8 heteroatoms. The minimum Gasteiger partial charge on any atom is -0.358 e. The van der Waals surface area contributed by atoms with Gasteiger partial charge in [-0.1, -0.05) is 44.2 Å². The van der Waals surface area contributed by atoms with Crippen LogP contribution in [0.15, 0.2) is 48.5 Å². The van der Waals surface area contributed by atoms with Gasteiger partial charge in [0.2, 0.25) is 0 Å². The number of likely N-dealkylation sites (N-methyl/N-ethyl adjacent to an activating group) is 1. The predicted octanol–water partition coefficient (Wildman–Crippen LogP) is 4.69. The van der Waals surface area contributed by atoms with Gasteiger partial charge in [-0.25, -0.2) is 0 Å². The topological polar surface area (TPSA) is 106 Å². The Morgan fingerprint density at radius 1 is 1.03 bits per heavy atom. The van der Waals surface area contributed by atoms with Crippen LogP contribution in [0.5, 0.6) is 0 Å². The van der Waals surface area contributed by atoms with Crippen molar-refractivity contribution in [2.75, 3.05) is 31.5 Å². The number of nitrogens with zero attached hydrogens (tertiary/aromatic N) is 1. The van der Waals surface area contributed by atoms with Gasteiger partial charge in [-0.15, -0.1) is 0 Å². The molecule has 0 saturated heterocycles. The number of fused-ring (bicyclic) bond motifs is 1. The zero-order valence-electron chi connectivity index (χ0n) is 23.3. The Morgan fingerprint density at radius 2 is 1.74 bits per heavy atom. The van der Waals surface area contributed by atoms with Crippen LogP contribution in [0.4, 0.5) is 5.69 Å². The molecule has 1 aliphatic rings. The summed E-state index contributed by atoms with van der Waals surface area (Å²) in [7, 11) is 0. The lowest BCUT2D eigenvalue weighted by Crippen LogP contribution is -2.35. The highest BCUT2D eigenvalue weighted by molar-refractivity contribution is 6.35. The smallest absolute Gasteiger partial charge is 0.256 e. The van der Waals surface area contributed by atoms with Gasteiger partial charge in [-0.05, 0) is 69.3 Å². The molecule has 3 aromatic rings. The highest BCUT2D eigenvalue weighted by Crippen LogP contribution is 2.35. The van der Waals surface area contributed by atoms with E-state index in [1.165, 1.54) is 0 Å². The molecule has 2 heterocycles. The monoisotopic (exact) mass is 527 g/mol. The molecule has 0 radical (unpaired) electrons. The molecule has 0 saturated carbocycles. The van der Waals surface area contributed by atoms with E-state index in [4.69, 9.17) is 0 Å². The van der Waals surface area contributed by atoms with E-state index in [0.29, 0.717) is 40.2 Å². The summed E-state index contributed by atoms with van der Waals surface area (Å²) in [4.78, 5) is 44.4. The molecule has 1 aromatic heterocycles. The quantitative estimate of drug-likeness (QED) is 0.287. The Bertz CT molecular complexity index is 1400. The number of carbonyl (C=O) groups is 3. The third-order valence-corrected chi connectivity index (χ3v) is 7.31. The summed E-state index contributed by atoms with van der Waals surface area (Å²) in [6.07, 6.45) is 1.75. The van der Waals surface area contributed by atoms with E-state index < -0.39 is 0 Å². The number of benzene rings is 2. The summed E-state index contributed by atoms with van der Waals surface area (Å²) in [5, 5.41) is 8.92. The van der Waals surface area contributed by atoms with E-state index in [2.05, 4.69) is 39.7 Å². The van der Waals surface area contributed by atoms with Crippen molar-refractivity contribution in [2.45, 2.75) is 40.7 Å². The van der Waals surface area contributed by atoms with Gasteiger partial charge in [-0.2, -0.15) is 0 Å². The molecular formula is C31H37N5O3. The van der Waals surface area contributed by atoms with Crippen molar-refractivity contribution in [2.24, 2.45) is 0 Å². The number of aryl methyl sites for hydroxylation is 1. The van der Waals surface area contributed by atoms with Gasteiger partial charge >= 0.3 is 0 Å². The van der Waals surface area contributed by atoms with Crippen LogP contribution in [0.2, 0.25) is 0 Å². The van der Waals surface area contributed by atoms with E-state index in [-0.39, 0.29) is 23.8 Å². The Kier molecular flexibility index (Phi) is 8.66. The van der Waals surface area contributed by atoms with Crippen LogP contribution < -0.4 is 16.0 Å². The number of nitrogens with one attached hydrogen (secondary N) is 4. The van der Waals surface area contributed by atoms with Gasteiger partial charge in [0.25, 0.3) is 17.7 Å². The lowest BCUT2D eigenvalue weighted by Gasteiger charge is -2.18. The fraction of sp³-hybridized carbons (Fsp3) is 0.323. The number of hydrogen-bond donors (Lipinski definition) is 4. The van der Waals surface area contributed by atoms with Crippen molar-refractivity contribution in [3.8, 4) is 0 Å². The van der Waals surface area contributed by atoms with Crippen molar-refractivity contribution < 1.29 is 14.4 Å². The van der Waals surface area contributed by atoms with Crippen LogP contribution in [0.3, 0.4) is 0 Å². The number of aromatic amines is 1. The summed E-state index contributed by atoms with van der Waals surface area (Å²) in [6.45, 7) is 13.1. The van der Waals surface area contributed by atoms with Crippen molar-refractivity contribution in [1.29, 1.82) is 0 Å². The Balaban J connectivity index is 1.55. The van der Waals surface area contributed by atoms with Crippen LogP contribution >= 0.6 is 0 Å². The average molecular weight is 528 g/mol. The maximum atomic E-state index is 13.0. The molecule has 0 spiro atoms. The van der Waals surface area contributed by atoms with Crippen LogP contribution in [0.25, 0.3) is 11.6 Å². The molecule has 4 rings (SSSR count). The van der Waals surface area contributed by atoms with Gasteiger partial charge in [0.05, 0.1) is 17.2 Å². The van der Waals surface area contributed by atoms with Crippen LogP contribution in [-0.2, 0) is 4.79 Å². The zero-order chi connectivity index (χ0) is 28.1. The highest BCUT2D eigenvalue weighted by Gasteiger charge is 2.27. The number of carbonyl (C=O) groups excluding carboxylic acids is 3. The first-order valence-corrected chi connectivity index (χ1v) is 13.5. The lowest BCUT2D eigenvalue weighted by molar-refractivity contribution is -0.110. The minimum absolute atomic E-state index is 0.138. The third kappa shape index (κ3) is 6.12. The summed E-state index contributed by atoms with van der Waals surface area (Å²) in [5.41, 5.74) is 5.99. The molecule has 8 nitrogen and oxygen atoms in total. The first-order valence-electron chi connectivity index (χ1n) is 13.5. The molecule has 0 aliphatic carbocycles. The number of aromatic nitrogens is 1. The number of anilines is 1. The second kappa shape index (κ2) is 12.1. The van der Waals surface area contributed by atoms with Crippen LogP contribution in [0, 0.1) is 13.8 Å². The number of rotatable bonds is 10. The first kappa shape index (κ1) is 27.9. The highest BCUT2D eigenvalue weighted by atomic mass is 16.2. The van der Waals surface area contributed by atoms with Crippen LogP contribution in [-0.4, -0.2) is 53.8 Å². The van der Waals surface area contributed by atoms with E-state index >= 15 is 0 Å². The van der Waals surface area contributed by atoms with Crippen molar-refractivity contribution >= 4 is 35.1 Å². The van der Waals surface area contributed by atoms with E-state index in [1.807, 2.05) is 51.1 Å². The first-order chi connectivity index (χ1) is 18.7. The minimum atomic E-state index is -0.253. The molecule has 39 heavy (non-hydrogen) atoms. The second-order valence-electron chi connectivity index (χ2n) is 9.82. The molecule has 3 amide bonds. The molecule has 2 aromatic carbocycles. The van der Waals surface area contributed by atoms with Crippen molar-refractivity contribution in [3.63, 3.8) is 0 Å². The summed E-state index contributed by atoms with van der Waals surface area (Å²) >= 11 is 0. The Morgan fingerprint density at radius 3 is 2.44 bits per heavy atom. The van der Waals surface area contributed by atoms with Crippen molar-refractivity contribution in [3.05, 3.63) is 87.7 Å². The Hall–Kier alpha value is -4.17. The van der Waals surface area contributed by atoms with Gasteiger partial charge in [-0.3, -0.25) is 14.4 Å². The summed E-state index contributed by atoms with van der Waals surface area (Å²) in [6, 6.07) is 14.8. The fourth-order valence-corrected chi connectivity index (χ4v) is 4.94. The van der Waals surface area contributed by atoms with E-state index in [0.717, 1.165) is 36.5 Å². The Labute approximate surface area is 229 Å². The van der Waals surface area contributed by atoms with Gasteiger partial charge < -0.3 is 25.8 Å². The maximum absolute atomic E-state index is 13.0. The molecule has 4 N–H and O–H groups in total. The molecule has 0 bridgehead atoms. The van der Waals surface area contributed by atoms with Crippen molar-refractivity contribution in [1.82, 2.24) is 20.5 Å². The predicted molar refractivity (Wildman–Crippen MR) is 156 cm³/mol. The molecule has 204 valence electrons. The second-order valence-corrected chi connectivity index (χ2v) is 9.82. The number of H-pyrrole nitrogens is 1. The maximum Gasteiger partial charge on any atom is 0.256 e. The summed E-state index contributed by atoms with van der Waals surface area (Å²) in [5.74, 6) is -0.610. The SMILES string of the molecule is CCN(CC)CCNC(=O)c1c(C)[nH]c(/C=C2\C(=O)Nc3ccc(C(=O)N[C@@H](C)c4ccccc4)cc32)c1C. The number of hydrogen-bond acceptors (Lipinski definition) is 4. The summed E-state index contributed by atoms with van der Waals surface area (Å²) < 4.78 is 0. The molecule has 0 unspecified atom stereocenters. The molecule has 1 aliphatic heterocycles. The normalized spacial score (nSPS) is 14.3. The van der Waals surface area contributed by atoms with Gasteiger partial charge in [0.1, 0.15) is 0 Å². The number of amides is 3. The van der Waals surface area contributed by atoms with Crippen LogP contribution in [0.1, 0.15) is 75.6 Å². The van der Waals surface area contributed by atoms with E-state index in [1.54, 1.807) is 24.3 Å². The van der Waals surface area contributed by atoms with Gasteiger partial charge in [0, 0.05) is 41.3 Å². The molecular weight excluding hydrogens is 490 g/mol. The third-order valence-electron chi connectivity index (χ3n) is 7.31. The van der Waals surface area contributed by atoms with Gasteiger partial charge in [0.15, 0.2) is 0 Å². The average Bonchev–Trinajstić information content (AvgIpc) is 3.40. The standard InChI is InChI=1S/C31H37N5O3/c1-6-36(7-2)16-15-32-31(39)28-19(3)27(33-21(28)5)18-25-24-17-23(13-14-26(24)35-30(25)38)29(37)34-20(4)22-11-9-8-10-12-22/h8-14,17-18,20,33H,6-7,15-16H2,1-5H3,(H,32,39)(H,34,37)(H,35,38)/b25-18-/t20-/m0/s1. The zero-order valence-corrected chi connectivity index (χ0v) is 23.3. The molecule has 0 fully saturated rings. The largest absolute Gasteiger partial charge is 0.358 e. The van der Waals surface area contributed by atoms with E-state index in [9.17, 15) is 14.4 Å². The molecule has 1 atom stereocenters.